The number of ether oxygens (including phenoxy) is 1. The molecule has 0 spiro atoms. The van der Waals surface area contributed by atoms with Gasteiger partial charge < -0.3 is 10.1 Å². The van der Waals surface area contributed by atoms with Crippen LogP contribution in [0, 0.1) is 5.92 Å². The van der Waals surface area contributed by atoms with Crippen LogP contribution in [0.3, 0.4) is 0 Å². The molecule has 3 rings (SSSR count). The molecule has 0 amide bonds. The maximum absolute atomic E-state index is 5.84. The molecule has 94 valence electrons. The van der Waals surface area contributed by atoms with Crippen molar-refractivity contribution >= 4 is 10.9 Å². The summed E-state index contributed by atoms with van der Waals surface area (Å²) in [6.07, 6.45) is 3.09. The highest BCUT2D eigenvalue weighted by molar-refractivity contribution is 5.81. The smallest absolute Gasteiger partial charge is 0.0724 e. The molecule has 18 heavy (non-hydrogen) atoms. The normalized spacial score (nSPS) is 19.4. The van der Waals surface area contributed by atoms with Gasteiger partial charge in [0.05, 0.1) is 18.7 Å². The minimum absolute atomic E-state index is 0.679. The van der Waals surface area contributed by atoms with Gasteiger partial charge in [-0.25, -0.2) is 0 Å². The van der Waals surface area contributed by atoms with Crippen LogP contribution in [-0.4, -0.2) is 24.7 Å². The van der Waals surface area contributed by atoms with Crippen LogP contribution in [0.2, 0.25) is 0 Å². The van der Waals surface area contributed by atoms with Crippen LogP contribution < -0.4 is 5.32 Å². The molecule has 1 unspecified atom stereocenters. The number of para-hydroxylation sites is 1. The van der Waals surface area contributed by atoms with Crippen LogP contribution in [0.25, 0.3) is 10.9 Å². The summed E-state index contributed by atoms with van der Waals surface area (Å²) in [5, 5.41) is 4.56. The summed E-state index contributed by atoms with van der Waals surface area (Å²) in [6, 6.07) is 10.3. The second-order valence-corrected chi connectivity index (χ2v) is 4.86. The molecule has 1 fully saturated rings. The van der Waals surface area contributed by atoms with Crippen LogP contribution in [0.5, 0.6) is 0 Å². The molecule has 3 heteroatoms. The lowest BCUT2D eigenvalue weighted by Gasteiger charge is -2.10. The highest BCUT2D eigenvalue weighted by atomic mass is 16.5. The highest BCUT2D eigenvalue weighted by Gasteiger charge is 2.14. The molecule has 0 radical (unpaired) electrons. The second kappa shape index (κ2) is 5.46. The Morgan fingerprint density at radius 1 is 1.28 bits per heavy atom. The molecule has 1 aromatic carbocycles. The average molecular weight is 242 g/mol. The summed E-state index contributed by atoms with van der Waals surface area (Å²) in [6.45, 7) is 3.76. The van der Waals surface area contributed by atoms with E-state index in [1.165, 1.54) is 17.4 Å². The zero-order valence-corrected chi connectivity index (χ0v) is 10.4. The zero-order valence-electron chi connectivity index (χ0n) is 10.4. The van der Waals surface area contributed by atoms with E-state index in [1.54, 1.807) is 0 Å². The number of aromatic nitrogens is 1. The number of rotatable bonds is 4. The molecule has 1 aromatic heterocycles. The molecule has 1 aliphatic rings. The lowest BCUT2D eigenvalue weighted by atomic mass is 10.1. The number of fused-ring (bicyclic) bond motifs is 1. The van der Waals surface area contributed by atoms with Crippen LogP contribution >= 0.6 is 0 Å². The molecular weight excluding hydrogens is 224 g/mol. The summed E-state index contributed by atoms with van der Waals surface area (Å²) in [5.74, 6) is 0.679. The first kappa shape index (κ1) is 11.6. The maximum atomic E-state index is 5.84. The Balaban J connectivity index is 1.66. The Kier molecular flexibility index (Phi) is 3.53. The Morgan fingerprint density at radius 3 is 3.11 bits per heavy atom. The number of pyridine rings is 1. The molecule has 0 aliphatic carbocycles. The Labute approximate surface area is 107 Å². The van der Waals surface area contributed by atoms with Gasteiger partial charge in [0.2, 0.25) is 0 Å². The van der Waals surface area contributed by atoms with E-state index in [1.807, 2.05) is 18.3 Å². The number of nitrogens with one attached hydrogen (secondary N) is 1. The van der Waals surface area contributed by atoms with Crippen molar-refractivity contribution in [3.8, 4) is 0 Å². The van der Waals surface area contributed by atoms with Gasteiger partial charge in [0, 0.05) is 18.1 Å². The fraction of sp³-hybridized carbons (Fsp3) is 0.400. The van der Waals surface area contributed by atoms with Gasteiger partial charge in [-0.1, -0.05) is 18.2 Å². The minimum atomic E-state index is 0.679. The predicted octanol–water partition coefficient (Wildman–Crippen LogP) is 2.36. The van der Waals surface area contributed by atoms with E-state index in [-0.39, 0.29) is 0 Å². The topological polar surface area (TPSA) is 34.1 Å². The number of hydrogen-bond donors (Lipinski definition) is 1. The Bertz CT molecular complexity index is 515. The van der Waals surface area contributed by atoms with Gasteiger partial charge in [-0.05, 0) is 36.6 Å². The third-order valence-electron chi connectivity index (χ3n) is 3.51. The average Bonchev–Trinajstić information content (AvgIpc) is 2.92. The van der Waals surface area contributed by atoms with E-state index in [9.17, 15) is 0 Å². The SMILES string of the molecule is c1ccc2c(COCC3CCNC3)ccnc2c1. The molecule has 0 bridgehead atoms. The van der Waals surface area contributed by atoms with Crippen molar-refractivity contribution in [1.29, 1.82) is 0 Å². The van der Waals surface area contributed by atoms with E-state index in [2.05, 4.69) is 28.5 Å². The summed E-state index contributed by atoms with van der Waals surface area (Å²) in [4.78, 5) is 4.36. The fourth-order valence-corrected chi connectivity index (χ4v) is 2.47. The first-order chi connectivity index (χ1) is 8.93. The lowest BCUT2D eigenvalue weighted by Crippen LogP contribution is -2.13. The fourth-order valence-electron chi connectivity index (χ4n) is 2.47. The molecule has 1 saturated heterocycles. The van der Waals surface area contributed by atoms with Crippen molar-refractivity contribution in [3.05, 3.63) is 42.1 Å². The second-order valence-electron chi connectivity index (χ2n) is 4.86. The van der Waals surface area contributed by atoms with Crippen molar-refractivity contribution in [1.82, 2.24) is 10.3 Å². The van der Waals surface area contributed by atoms with Crippen LogP contribution in [0.4, 0.5) is 0 Å². The van der Waals surface area contributed by atoms with E-state index in [4.69, 9.17) is 4.74 Å². The van der Waals surface area contributed by atoms with Crippen molar-refractivity contribution in [2.45, 2.75) is 13.0 Å². The quantitative estimate of drug-likeness (QED) is 0.893. The molecule has 0 saturated carbocycles. The van der Waals surface area contributed by atoms with E-state index in [0.29, 0.717) is 12.5 Å². The third kappa shape index (κ3) is 2.52. The van der Waals surface area contributed by atoms with Gasteiger partial charge in [-0.2, -0.15) is 0 Å². The Morgan fingerprint density at radius 2 is 2.22 bits per heavy atom. The predicted molar refractivity (Wildman–Crippen MR) is 72.4 cm³/mol. The van der Waals surface area contributed by atoms with Crippen molar-refractivity contribution in [3.63, 3.8) is 0 Å². The summed E-state index contributed by atoms with van der Waals surface area (Å²) >= 11 is 0. The van der Waals surface area contributed by atoms with E-state index in [0.717, 1.165) is 25.2 Å². The van der Waals surface area contributed by atoms with Crippen molar-refractivity contribution in [2.75, 3.05) is 19.7 Å². The largest absolute Gasteiger partial charge is 0.376 e. The molecular formula is C15H18N2O. The molecule has 1 atom stereocenters. The van der Waals surface area contributed by atoms with E-state index < -0.39 is 0 Å². The summed E-state index contributed by atoms with van der Waals surface area (Å²) < 4.78 is 5.84. The third-order valence-corrected chi connectivity index (χ3v) is 3.51. The van der Waals surface area contributed by atoms with Gasteiger partial charge in [-0.15, -0.1) is 0 Å². The van der Waals surface area contributed by atoms with Crippen molar-refractivity contribution in [2.24, 2.45) is 5.92 Å². The van der Waals surface area contributed by atoms with Crippen LogP contribution in [0.1, 0.15) is 12.0 Å². The molecule has 1 aliphatic heterocycles. The molecule has 1 N–H and O–H groups in total. The lowest BCUT2D eigenvalue weighted by molar-refractivity contribution is 0.0932. The zero-order chi connectivity index (χ0) is 12.2. The molecule has 2 heterocycles. The van der Waals surface area contributed by atoms with Crippen molar-refractivity contribution < 1.29 is 4.74 Å². The van der Waals surface area contributed by atoms with Gasteiger partial charge >= 0.3 is 0 Å². The highest BCUT2D eigenvalue weighted by Crippen LogP contribution is 2.17. The standard InChI is InChI=1S/C15H18N2O/c1-2-4-15-14(3-1)13(6-8-17-15)11-18-10-12-5-7-16-9-12/h1-4,6,8,12,16H,5,7,9-11H2. The number of nitrogens with zero attached hydrogens (tertiary/aromatic N) is 1. The van der Waals surface area contributed by atoms with Gasteiger partial charge in [0.1, 0.15) is 0 Å². The van der Waals surface area contributed by atoms with Crippen LogP contribution in [-0.2, 0) is 11.3 Å². The number of benzene rings is 1. The maximum Gasteiger partial charge on any atom is 0.0724 e. The first-order valence-corrected chi connectivity index (χ1v) is 6.54. The Hall–Kier alpha value is -1.45. The van der Waals surface area contributed by atoms with Gasteiger partial charge in [0.25, 0.3) is 0 Å². The van der Waals surface area contributed by atoms with Gasteiger partial charge in [-0.3, -0.25) is 4.98 Å². The first-order valence-electron chi connectivity index (χ1n) is 6.54. The molecule has 3 nitrogen and oxygen atoms in total. The van der Waals surface area contributed by atoms with Gasteiger partial charge in [0.15, 0.2) is 0 Å². The molecule has 2 aromatic rings. The van der Waals surface area contributed by atoms with Crippen LogP contribution in [0.15, 0.2) is 36.5 Å². The minimum Gasteiger partial charge on any atom is -0.376 e. The summed E-state index contributed by atoms with van der Waals surface area (Å²) in [7, 11) is 0. The van der Waals surface area contributed by atoms with E-state index >= 15 is 0 Å². The number of hydrogen-bond acceptors (Lipinski definition) is 3. The monoisotopic (exact) mass is 242 g/mol. The summed E-state index contributed by atoms with van der Waals surface area (Å²) in [5.41, 5.74) is 2.27.